The molecule has 29 heavy (non-hydrogen) atoms. The minimum atomic E-state index is -2.92. The van der Waals surface area contributed by atoms with Gasteiger partial charge in [0.2, 0.25) is 0 Å². The van der Waals surface area contributed by atoms with Gasteiger partial charge in [0.05, 0.1) is 13.7 Å². The van der Waals surface area contributed by atoms with Crippen LogP contribution in [0.4, 0.5) is 8.78 Å². The topological polar surface area (TPSA) is 67.8 Å². The highest BCUT2D eigenvalue weighted by atomic mass is 127. The van der Waals surface area contributed by atoms with E-state index < -0.39 is 6.61 Å². The molecule has 0 saturated carbocycles. The van der Waals surface area contributed by atoms with Crippen molar-refractivity contribution >= 4 is 41.5 Å². The summed E-state index contributed by atoms with van der Waals surface area (Å²) >= 11 is 5.78. The average molecular weight is 541 g/mol. The largest absolute Gasteiger partial charge is 0.497 e. The van der Waals surface area contributed by atoms with Gasteiger partial charge in [-0.25, -0.2) is 9.98 Å². The fraction of sp³-hybridized carbons (Fsp3) is 0.368. The van der Waals surface area contributed by atoms with E-state index in [0.29, 0.717) is 35.5 Å². The Balaban J connectivity index is 0.00000420. The maximum absolute atomic E-state index is 12.7. The maximum atomic E-state index is 12.7. The predicted octanol–water partition coefficient (Wildman–Crippen LogP) is 4.26. The molecule has 2 rings (SSSR count). The summed E-state index contributed by atoms with van der Waals surface area (Å²) in [5.74, 6) is 1.05. The Kier molecular flexibility index (Phi) is 11.6. The van der Waals surface area contributed by atoms with Crippen LogP contribution in [-0.2, 0) is 13.0 Å². The first-order chi connectivity index (χ1) is 13.5. The third-order valence-corrected chi connectivity index (χ3v) is 3.96. The molecule has 1 aromatic heterocycles. The highest BCUT2D eigenvalue weighted by Crippen LogP contribution is 2.27. The number of aliphatic imine (C=N–C) groups is 1. The Labute approximate surface area is 191 Å². The smallest absolute Gasteiger partial charge is 0.387 e. The third-order valence-electron chi connectivity index (χ3n) is 3.74. The molecular weight excluding hydrogens is 517 g/mol. The van der Waals surface area contributed by atoms with E-state index in [-0.39, 0.29) is 36.3 Å². The molecule has 0 bridgehead atoms. The number of alkyl halides is 2. The number of halogens is 4. The maximum Gasteiger partial charge on any atom is 0.387 e. The van der Waals surface area contributed by atoms with Crippen LogP contribution in [-0.4, -0.2) is 37.8 Å². The molecule has 0 spiro atoms. The van der Waals surface area contributed by atoms with Crippen molar-refractivity contribution in [1.82, 2.24) is 15.6 Å². The van der Waals surface area contributed by atoms with Crippen molar-refractivity contribution in [1.29, 1.82) is 0 Å². The summed E-state index contributed by atoms with van der Waals surface area (Å²) in [6, 6.07) is 8.40. The minimum absolute atomic E-state index is 0. The molecule has 0 saturated heterocycles. The standard InChI is InChI=1S/C19H23ClF2N4O2.HI/c1-3-23-19(24-9-8-13-4-7-17(20)25-11-13)26-12-14-5-6-15(27-2)10-16(14)28-18(21)22;/h4-7,10-11,18H,3,8-9,12H2,1-2H3,(H2,23,24,26);1H. The Hall–Kier alpha value is -1.88. The number of hydrogen-bond donors (Lipinski definition) is 2. The van der Waals surface area contributed by atoms with Crippen LogP contribution in [0.25, 0.3) is 0 Å². The van der Waals surface area contributed by atoms with Crippen LogP contribution in [0.2, 0.25) is 5.15 Å². The van der Waals surface area contributed by atoms with Gasteiger partial charge in [-0.15, -0.1) is 24.0 Å². The summed E-state index contributed by atoms with van der Waals surface area (Å²) < 4.78 is 35.0. The number of guanidine groups is 1. The number of benzene rings is 1. The minimum Gasteiger partial charge on any atom is -0.497 e. The van der Waals surface area contributed by atoms with E-state index in [1.807, 2.05) is 13.0 Å². The molecule has 2 N–H and O–H groups in total. The first kappa shape index (κ1) is 25.2. The highest BCUT2D eigenvalue weighted by molar-refractivity contribution is 14.0. The number of ether oxygens (including phenoxy) is 2. The first-order valence-corrected chi connectivity index (χ1v) is 9.14. The SMILES string of the molecule is CCNC(=NCc1ccc(OC)cc1OC(F)F)NCCc1ccc(Cl)nc1.I. The summed E-state index contributed by atoms with van der Waals surface area (Å²) in [4.78, 5) is 8.49. The molecule has 6 nitrogen and oxygen atoms in total. The number of nitrogens with zero attached hydrogens (tertiary/aromatic N) is 2. The van der Waals surface area contributed by atoms with Gasteiger partial charge in [0.1, 0.15) is 16.7 Å². The Morgan fingerprint density at radius 1 is 1.24 bits per heavy atom. The molecule has 1 aromatic carbocycles. The lowest BCUT2D eigenvalue weighted by Gasteiger charge is -2.13. The molecule has 0 fully saturated rings. The van der Waals surface area contributed by atoms with Crippen LogP contribution < -0.4 is 20.1 Å². The molecule has 0 atom stereocenters. The van der Waals surface area contributed by atoms with Crippen molar-refractivity contribution in [2.75, 3.05) is 20.2 Å². The summed E-state index contributed by atoms with van der Waals surface area (Å²) in [5.41, 5.74) is 1.57. The number of aromatic nitrogens is 1. The second-order valence-corrected chi connectivity index (χ2v) is 6.10. The second-order valence-electron chi connectivity index (χ2n) is 5.71. The van der Waals surface area contributed by atoms with E-state index in [1.54, 1.807) is 24.4 Å². The number of hydrogen-bond acceptors (Lipinski definition) is 4. The average Bonchev–Trinajstić information content (AvgIpc) is 2.67. The van der Waals surface area contributed by atoms with Crippen LogP contribution in [0.15, 0.2) is 41.5 Å². The molecular formula is C19H24ClF2IN4O2. The van der Waals surface area contributed by atoms with Crippen LogP contribution >= 0.6 is 35.6 Å². The molecule has 0 amide bonds. The van der Waals surface area contributed by atoms with E-state index in [2.05, 4.69) is 25.3 Å². The zero-order valence-electron chi connectivity index (χ0n) is 16.1. The van der Waals surface area contributed by atoms with E-state index >= 15 is 0 Å². The Morgan fingerprint density at radius 2 is 2.03 bits per heavy atom. The summed E-state index contributed by atoms with van der Waals surface area (Å²) in [6.45, 7) is 0.479. The van der Waals surface area contributed by atoms with Gasteiger partial charge in [0.25, 0.3) is 0 Å². The van der Waals surface area contributed by atoms with Gasteiger partial charge < -0.3 is 20.1 Å². The summed E-state index contributed by atoms with van der Waals surface area (Å²) in [6.07, 6.45) is 2.45. The van der Waals surface area contributed by atoms with Crippen LogP contribution in [0, 0.1) is 0 Å². The van der Waals surface area contributed by atoms with Crippen molar-refractivity contribution in [3.05, 3.63) is 52.8 Å². The summed E-state index contributed by atoms with van der Waals surface area (Å²) in [5, 5.41) is 6.77. The molecule has 0 unspecified atom stereocenters. The Morgan fingerprint density at radius 3 is 2.66 bits per heavy atom. The van der Waals surface area contributed by atoms with Gasteiger partial charge in [-0.2, -0.15) is 8.78 Å². The molecule has 160 valence electrons. The van der Waals surface area contributed by atoms with Gasteiger partial charge in [0, 0.05) is 30.9 Å². The monoisotopic (exact) mass is 540 g/mol. The molecule has 2 aromatic rings. The third kappa shape index (κ3) is 8.99. The number of nitrogens with one attached hydrogen (secondary N) is 2. The number of pyridine rings is 1. The number of rotatable bonds is 9. The molecule has 1 heterocycles. The fourth-order valence-corrected chi connectivity index (χ4v) is 2.50. The normalized spacial score (nSPS) is 11.0. The lowest BCUT2D eigenvalue weighted by Crippen LogP contribution is -2.38. The molecule has 0 aliphatic carbocycles. The zero-order chi connectivity index (χ0) is 20.4. The van der Waals surface area contributed by atoms with Gasteiger partial charge in [-0.05, 0) is 37.1 Å². The van der Waals surface area contributed by atoms with Gasteiger partial charge in [-0.3, -0.25) is 0 Å². The van der Waals surface area contributed by atoms with Crippen molar-refractivity contribution in [3.8, 4) is 11.5 Å². The van der Waals surface area contributed by atoms with Crippen molar-refractivity contribution in [2.45, 2.75) is 26.5 Å². The quantitative estimate of drug-likeness (QED) is 0.215. The summed E-state index contributed by atoms with van der Waals surface area (Å²) in [7, 11) is 1.46. The lowest BCUT2D eigenvalue weighted by atomic mass is 10.2. The van der Waals surface area contributed by atoms with Crippen LogP contribution in [0.5, 0.6) is 11.5 Å². The zero-order valence-corrected chi connectivity index (χ0v) is 19.2. The molecule has 0 aliphatic heterocycles. The van der Waals surface area contributed by atoms with E-state index in [1.165, 1.54) is 13.2 Å². The number of methoxy groups -OCH3 is 1. The van der Waals surface area contributed by atoms with E-state index in [0.717, 1.165) is 12.0 Å². The van der Waals surface area contributed by atoms with E-state index in [4.69, 9.17) is 16.3 Å². The predicted molar refractivity (Wildman–Crippen MR) is 121 cm³/mol. The van der Waals surface area contributed by atoms with Crippen molar-refractivity contribution in [2.24, 2.45) is 4.99 Å². The second kappa shape index (κ2) is 13.4. The Bertz CT molecular complexity index is 779. The first-order valence-electron chi connectivity index (χ1n) is 8.76. The van der Waals surface area contributed by atoms with Gasteiger partial charge >= 0.3 is 6.61 Å². The molecule has 0 radical (unpaired) electrons. The van der Waals surface area contributed by atoms with E-state index in [9.17, 15) is 8.78 Å². The highest BCUT2D eigenvalue weighted by Gasteiger charge is 2.11. The van der Waals surface area contributed by atoms with Crippen molar-refractivity contribution < 1.29 is 18.3 Å². The van der Waals surface area contributed by atoms with Crippen LogP contribution in [0.1, 0.15) is 18.1 Å². The lowest BCUT2D eigenvalue weighted by molar-refractivity contribution is -0.0505. The van der Waals surface area contributed by atoms with Gasteiger partial charge in [-0.1, -0.05) is 17.7 Å². The van der Waals surface area contributed by atoms with Crippen LogP contribution in [0.3, 0.4) is 0 Å². The molecule has 10 heteroatoms. The molecule has 0 aliphatic rings. The van der Waals surface area contributed by atoms with Crippen molar-refractivity contribution in [3.63, 3.8) is 0 Å². The fourth-order valence-electron chi connectivity index (χ4n) is 2.38. The van der Waals surface area contributed by atoms with Gasteiger partial charge in [0.15, 0.2) is 5.96 Å².